The summed E-state index contributed by atoms with van der Waals surface area (Å²) < 4.78 is 0. The smallest absolute Gasteiger partial charge is 0.248 e. The Kier molecular flexibility index (Phi) is 5.52. The van der Waals surface area contributed by atoms with Gasteiger partial charge in [-0.25, -0.2) is 4.98 Å². The minimum atomic E-state index is -0.428. The van der Waals surface area contributed by atoms with Gasteiger partial charge in [-0.3, -0.25) is 9.69 Å². The first-order chi connectivity index (χ1) is 13.7. The van der Waals surface area contributed by atoms with Crippen LogP contribution < -0.4 is 5.73 Å². The fourth-order valence-electron chi connectivity index (χ4n) is 3.88. The summed E-state index contributed by atoms with van der Waals surface area (Å²) in [4.78, 5) is 18.3. The van der Waals surface area contributed by atoms with Gasteiger partial charge in [-0.1, -0.05) is 36.4 Å². The Labute approximate surface area is 168 Å². The number of aromatic nitrogens is 1. The number of primary amides is 1. The molecule has 4 rings (SSSR count). The van der Waals surface area contributed by atoms with E-state index in [-0.39, 0.29) is 6.61 Å². The summed E-state index contributed by atoms with van der Waals surface area (Å²) >= 11 is 1.59. The molecule has 1 atom stereocenters. The second-order valence-electron chi connectivity index (χ2n) is 7.03. The van der Waals surface area contributed by atoms with Crippen LogP contribution in [0.5, 0.6) is 0 Å². The van der Waals surface area contributed by atoms with Crippen molar-refractivity contribution in [2.45, 2.75) is 25.4 Å². The van der Waals surface area contributed by atoms with Gasteiger partial charge in [0.1, 0.15) is 5.01 Å². The summed E-state index contributed by atoms with van der Waals surface area (Å²) in [6, 6.07) is 16.1. The number of carbonyl (C=O) groups excluding carboxylic acids is 1. The third kappa shape index (κ3) is 3.85. The summed E-state index contributed by atoms with van der Waals surface area (Å²) in [5, 5.41) is 12.6. The van der Waals surface area contributed by atoms with E-state index in [1.54, 1.807) is 23.5 Å². The average Bonchev–Trinajstić information content (AvgIpc) is 3.35. The lowest BCUT2D eigenvalue weighted by Crippen LogP contribution is -2.30. The summed E-state index contributed by atoms with van der Waals surface area (Å²) in [7, 11) is 0. The molecule has 3 aromatic rings. The number of hydrogen-bond donors (Lipinski definition) is 2. The summed E-state index contributed by atoms with van der Waals surface area (Å²) in [6.07, 6.45) is 2.15. The number of nitrogens with two attached hydrogens (primary N) is 1. The summed E-state index contributed by atoms with van der Waals surface area (Å²) in [5.74, 6) is -0.428. The molecule has 28 heavy (non-hydrogen) atoms. The van der Waals surface area contributed by atoms with Crippen LogP contribution >= 0.6 is 11.3 Å². The van der Waals surface area contributed by atoms with Crippen molar-refractivity contribution in [3.05, 3.63) is 76.3 Å². The predicted molar refractivity (Wildman–Crippen MR) is 111 cm³/mol. The molecule has 5 nitrogen and oxygen atoms in total. The van der Waals surface area contributed by atoms with E-state index in [1.807, 2.05) is 12.1 Å². The van der Waals surface area contributed by atoms with E-state index in [1.165, 1.54) is 11.1 Å². The molecule has 0 saturated carbocycles. The number of thiazole rings is 1. The molecule has 3 N–H and O–H groups in total. The predicted octanol–water partition coefficient (Wildman–Crippen LogP) is 3.39. The topological polar surface area (TPSA) is 79.5 Å². The van der Waals surface area contributed by atoms with E-state index >= 15 is 0 Å². The lowest BCUT2D eigenvalue weighted by atomic mass is 10.1. The zero-order valence-corrected chi connectivity index (χ0v) is 16.4. The van der Waals surface area contributed by atoms with Gasteiger partial charge in [-0.2, -0.15) is 0 Å². The van der Waals surface area contributed by atoms with Crippen molar-refractivity contribution in [1.29, 1.82) is 0 Å². The number of aliphatic hydroxyl groups is 1. The molecule has 0 aliphatic heterocycles. The Bertz CT molecular complexity index is 968. The third-order valence-electron chi connectivity index (χ3n) is 5.26. The first kappa shape index (κ1) is 18.8. The van der Waals surface area contributed by atoms with Crippen molar-refractivity contribution in [2.75, 3.05) is 13.2 Å². The number of hydrogen-bond acceptors (Lipinski definition) is 5. The maximum atomic E-state index is 11.2. The number of rotatable bonds is 7. The van der Waals surface area contributed by atoms with E-state index in [2.05, 4.69) is 34.5 Å². The van der Waals surface area contributed by atoms with Crippen LogP contribution in [0, 0.1) is 0 Å². The number of aryl methyl sites for hydroxylation is 1. The highest BCUT2D eigenvalue weighted by molar-refractivity contribution is 7.13. The minimum Gasteiger partial charge on any atom is -0.395 e. The standard InChI is InChI=1S/C22H23N3O2S/c23-21(27)16-5-7-17(8-6-16)22-24-18(14-28-22)13-25(11-12-26)20-10-9-15-3-1-2-4-19(15)20/h1-8,14,20,26H,9-13H2,(H2,23,27). The van der Waals surface area contributed by atoms with Crippen LogP contribution in [-0.2, 0) is 13.0 Å². The molecule has 1 unspecified atom stereocenters. The van der Waals surface area contributed by atoms with Crippen molar-refractivity contribution in [3.8, 4) is 10.6 Å². The van der Waals surface area contributed by atoms with Crippen molar-refractivity contribution in [1.82, 2.24) is 9.88 Å². The quantitative estimate of drug-likeness (QED) is 0.645. The van der Waals surface area contributed by atoms with Gasteiger partial charge in [0, 0.05) is 35.6 Å². The van der Waals surface area contributed by atoms with Gasteiger partial charge in [-0.15, -0.1) is 11.3 Å². The SMILES string of the molecule is NC(=O)c1ccc(-c2nc(CN(CCO)C3CCc4ccccc43)cs2)cc1. The van der Waals surface area contributed by atoms with Crippen molar-refractivity contribution in [2.24, 2.45) is 5.73 Å². The minimum absolute atomic E-state index is 0.129. The van der Waals surface area contributed by atoms with Crippen LogP contribution in [0.15, 0.2) is 53.9 Å². The lowest BCUT2D eigenvalue weighted by Gasteiger charge is -2.28. The normalized spacial score (nSPS) is 15.7. The van der Waals surface area contributed by atoms with E-state index in [4.69, 9.17) is 10.7 Å². The monoisotopic (exact) mass is 393 g/mol. The maximum Gasteiger partial charge on any atom is 0.248 e. The zero-order chi connectivity index (χ0) is 19.5. The van der Waals surface area contributed by atoms with Gasteiger partial charge in [-0.05, 0) is 36.1 Å². The molecular weight excluding hydrogens is 370 g/mol. The zero-order valence-electron chi connectivity index (χ0n) is 15.5. The Morgan fingerprint density at radius 1 is 1.21 bits per heavy atom. The summed E-state index contributed by atoms with van der Waals surface area (Å²) in [6.45, 7) is 1.46. The van der Waals surface area contributed by atoms with E-state index < -0.39 is 5.91 Å². The Hall–Kier alpha value is -2.54. The van der Waals surface area contributed by atoms with Crippen LogP contribution in [-0.4, -0.2) is 34.0 Å². The number of fused-ring (bicyclic) bond motifs is 1. The average molecular weight is 394 g/mol. The highest BCUT2D eigenvalue weighted by Gasteiger charge is 2.27. The number of nitrogens with zero attached hydrogens (tertiary/aromatic N) is 2. The van der Waals surface area contributed by atoms with Gasteiger partial charge >= 0.3 is 0 Å². The highest BCUT2D eigenvalue weighted by atomic mass is 32.1. The molecule has 1 aliphatic carbocycles. The molecule has 1 amide bonds. The fourth-order valence-corrected chi connectivity index (χ4v) is 4.70. The number of amides is 1. The first-order valence-electron chi connectivity index (χ1n) is 9.43. The molecule has 0 fully saturated rings. The van der Waals surface area contributed by atoms with Crippen LogP contribution in [0.3, 0.4) is 0 Å². The molecular formula is C22H23N3O2S. The van der Waals surface area contributed by atoms with Gasteiger partial charge in [0.05, 0.1) is 12.3 Å². The van der Waals surface area contributed by atoms with E-state index in [9.17, 15) is 9.90 Å². The van der Waals surface area contributed by atoms with E-state index in [0.717, 1.165) is 29.1 Å². The first-order valence-corrected chi connectivity index (χ1v) is 10.3. The lowest BCUT2D eigenvalue weighted by molar-refractivity contribution is 0.100. The molecule has 6 heteroatoms. The van der Waals surface area contributed by atoms with Gasteiger partial charge in [0.2, 0.25) is 5.91 Å². The van der Waals surface area contributed by atoms with Crippen LogP contribution in [0.1, 0.15) is 39.6 Å². The van der Waals surface area contributed by atoms with Crippen LogP contribution in [0.25, 0.3) is 10.6 Å². The van der Waals surface area contributed by atoms with Gasteiger partial charge in [0.15, 0.2) is 0 Å². The Balaban J connectivity index is 1.52. The molecule has 0 spiro atoms. The Morgan fingerprint density at radius 2 is 2.00 bits per heavy atom. The van der Waals surface area contributed by atoms with Crippen molar-refractivity contribution in [3.63, 3.8) is 0 Å². The highest BCUT2D eigenvalue weighted by Crippen LogP contribution is 2.36. The molecule has 144 valence electrons. The second kappa shape index (κ2) is 8.22. The largest absolute Gasteiger partial charge is 0.395 e. The number of carbonyl (C=O) groups is 1. The van der Waals surface area contributed by atoms with Gasteiger partial charge < -0.3 is 10.8 Å². The van der Waals surface area contributed by atoms with Crippen molar-refractivity contribution >= 4 is 17.2 Å². The van der Waals surface area contributed by atoms with Gasteiger partial charge in [0.25, 0.3) is 0 Å². The molecule has 2 aromatic carbocycles. The number of benzene rings is 2. The third-order valence-corrected chi connectivity index (χ3v) is 6.20. The molecule has 1 heterocycles. The van der Waals surface area contributed by atoms with Crippen molar-refractivity contribution < 1.29 is 9.90 Å². The Morgan fingerprint density at radius 3 is 2.75 bits per heavy atom. The summed E-state index contributed by atoms with van der Waals surface area (Å²) in [5.41, 5.74) is 10.5. The fraction of sp³-hybridized carbons (Fsp3) is 0.273. The molecule has 0 radical (unpaired) electrons. The second-order valence-corrected chi connectivity index (χ2v) is 7.89. The molecule has 0 bridgehead atoms. The molecule has 1 aromatic heterocycles. The van der Waals surface area contributed by atoms with Crippen LogP contribution in [0.2, 0.25) is 0 Å². The van der Waals surface area contributed by atoms with E-state index in [0.29, 0.717) is 24.7 Å². The number of aliphatic hydroxyl groups excluding tert-OH is 1. The molecule has 0 saturated heterocycles. The molecule has 1 aliphatic rings. The maximum absolute atomic E-state index is 11.2. The van der Waals surface area contributed by atoms with Crippen LogP contribution in [0.4, 0.5) is 0 Å².